The summed E-state index contributed by atoms with van der Waals surface area (Å²) in [7, 11) is 0. The minimum absolute atomic E-state index is 0.128. The summed E-state index contributed by atoms with van der Waals surface area (Å²) in [5, 5.41) is 1.63. The van der Waals surface area contributed by atoms with Gasteiger partial charge in [-0.05, 0) is 35.7 Å². The van der Waals surface area contributed by atoms with E-state index in [0.29, 0.717) is 0 Å². The van der Waals surface area contributed by atoms with Gasteiger partial charge >= 0.3 is 0 Å². The Kier molecular flexibility index (Phi) is 2.96. The zero-order chi connectivity index (χ0) is 13.4. The van der Waals surface area contributed by atoms with Crippen LogP contribution in [0.1, 0.15) is 18.1 Å². The van der Waals surface area contributed by atoms with Crippen LogP contribution in [0.25, 0.3) is 26.2 Å². The number of fused-ring (bicyclic) bond motifs is 2. The molecule has 0 aliphatic heterocycles. The van der Waals surface area contributed by atoms with E-state index in [1.54, 1.807) is 11.3 Å². The number of hydrogen-bond acceptors (Lipinski definition) is 2. The van der Waals surface area contributed by atoms with Crippen LogP contribution in [0.2, 0.25) is 0 Å². The first kappa shape index (κ1) is 12.1. The van der Waals surface area contributed by atoms with Crippen LogP contribution in [0.5, 0.6) is 0 Å². The smallest absolute Gasteiger partial charge is 0.195 e. The Hall–Kier alpha value is -1.93. The lowest BCUT2D eigenvalue weighted by molar-refractivity contribution is 1.14. The van der Waals surface area contributed by atoms with E-state index in [1.165, 1.54) is 5.56 Å². The minimum Gasteiger partial charge on any atom is -0.289 e. The Morgan fingerprint density at radius 3 is 2.74 bits per heavy atom. The molecule has 0 aliphatic carbocycles. The molecule has 0 atom stereocenters. The van der Waals surface area contributed by atoms with Crippen molar-refractivity contribution in [1.82, 2.24) is 0 Å². The van der Waals surface area contributed by atoms with Crippen molar-refractivity contribution in [3.63, 3.8) is 0 Å². The highest BCUT2D eigenvalue weighted by atomic mass is 32.1. The van der Waals surface area contributed by atoms with E-state index in [2.05, 4.69) is 19.6 Å². The lowest BCUT2D eigenvalue weighted by atomic mass is 10.0. The summed E-state index contributed by atoms with van der Waals surface area (Å²) in [4.78, 5) is 12.6. The molecule has 0 N–H and O–H groups in total. The quantitative estimate of drug-likeness (QED) is 0.618. The summed E-state index contributed by atoms with van der Waals surface area (Å²) >= 11 is 1.66. The molecule has 0 saturated heterocycles. The molecule has 0 fully saturated rings. The molecule has 1 heterocycles. The average Bonchev–Trinajstić information content (AvgIpc) is 2.47. The largest absolute Gasteiger partial charge is 0.289 e. The number of aryl methyl sites for hydroxylation is 1. The Balaban J connectivity index is 2.57. The molecule has 3 aromatic rings. The van der Waals surface area contributed by atoms with Crippen LogP contribution in [0.3, 0.4) is 0 Å². The third kappa shape index (κ3) is 1.89. The SMILES string of the molecule is C=Cc1cc(CC)cc2c(=O)c3ccccc3sc12. The first-order valence-corrected chi connectivity index (χ1v) is 7.17. The number of benzene rings is 2. The number of hydrogen-bond donors (Lipinski definition) is 0. The molecule has 0 radical (unpaired) electrons. The van der Waals surface area contributed by atoms with Crippen molar-refractivity contribution in [1.29, 1.82) is 0 Å². The van der Waals surface area contributed by atoms with E-state index < -0.39 is 0 Å². The van der Waals surface area contributed by atoms with Crippen LogP contribution in [-0.4, -0.2) is 0 Å². The summed E-state index contributed by atoms with van der Waals surface area (Å²) in [5.41, 5.74) is 2.37. The highest BCUT2D eigenvalue weighted by Gasteiger charge is 2.09. The summed E-state index contributed by atoms with van der Waals surface area (Å²) in [6.45, 7) is 5.97. The van der Waals surface area contributed by atoms with Gasteiger partial charge in [0.25, 0.3) is 0 Å². The van der Waals surface area contributed by atoms with Gasteiger partial charge in [-0.25, -0.2) is 0 Å². The fourth-order valence-electron chi connectivity index (χ4n) is 2.35. The van der Waals surface area contributed by atoms with Gasteiger partial charge in [-0.3, -0.25) is 4.79 Å². The standard InChI is InChI=1S/C17H14OS/c1-3-11-9-12(4-2)17-14(10-11)16(18)13-7-5-6-8-15(13)19-17/h4-10H,2-3H2,1H3. The van der Waals surface area contributed by atoms with Gasteiger partial charge in [-0.15, -0.1) is 11.3 Å². The monoisotopic (exact) mass is 266 g/mol. The summed E-state index contributed by atoms with van der Waals surface area (Å²) in [6, 6.07) is 11.9. The molecule has 0 aliphatic rings. The van der Waals surface area contributed by atoms with E-state index in [4.69, 9.17) is 0 Å². The summed E-state index contributed by atoms with van der Waals surface area (Å²) in [5.74, 6) is 0. The Labute approximate surface area is 115 Å². The van der Waals surface area contributed by atoms with E-state index >= 15 is 0 Å². The van der Waals surface area contributed by atoms with Crippen LogP contribution in [0.4, 0.5) is 0 Å². The predicted molar refractivity (Wildman–Crippen MR) is 85.1 cm³/mol. The van der Waals surface area contributed by atoms with Gasteiger partial charge in [0.2, 0.25) is 0 Å². The Morgan fingerprint density at radius 2 is 2.00 bits per heavy atom. The van der Waals surface area contributed by atoms with Crippen LogP contribution < -0.4 is 5.43 Å². The van der Waals surface area contributed by atoms with E-state index in [0.717, 1.165) is 32.2 Å². The third-order valence-corrected chi connectivity index (χ3v) is 4.63. The molecule has 2 heteroatoms. The summed E-state index contributed by atoms with van der Waals surface area (Å²) < 4.78 is 2.07. The molecular weight excluding hydrogens is 252 g/mol. The maximum atomic E-state index is 12.6. The molecule has 0 bridgehead atoms. The van der Waals surface area contributed by atoms with Gasteiger partial charge in [0.1, 0.15) is 0 Å². The molecule has 0 spiro atoms. The molecule has 3 rings (SSSR count). The topological polar surface area (TPSA) is 17.1 Å². The fourth-order valence-corrected chi connectivity index (χ4v) is 3.51. The van der Waals surface area contributed by atoms with E-state index in [9.17, 15) is 4.79 Å². The lowest BCUT2D eigenvalue weighted by Gasteiger charge is -2.06. The van der Waals surface area contributed by atoms with E-state index in [1.807, 2.05) is 36.4 Å². The second kappa shape index (κ2) is 4.63. The van der Waals surface area contributed by atoms with Crippen molar-refractivity contribution in [2.24, 2.45) is 0 Å². The summed E-state index contributed by atoms with van der Waals surface area (Å²) in [6.07, 6.45) is 2.76. The highest BCUT2D eigenvalue weighted by Crippen LogP contribution is 2.29. The first-order chi connectivity index (χ1) is 9.24. The van der Waals surface area contributed by atoms with Crippen molar-refractivity contribution in [2.45, 2.75) is 13.3 Å². The molecule has 19 heavy (non-hydrogen) atoms. The molecular formula is C17H14OS. The Morgan fingerprint density at radius 1 is 1.21 bits per heavy atom. The molecule has 94 valence electrons. The van der Waals surface area contributed by atoms with Crippen LogP contribution in [0.15, 0.2) is 47.8 Å². The molecule has 0 unspecified atom stereocenters. The van der Waals surface area contributed by atoms with Gasteiger partial charge in [0.05, 0.1) is 0 Å². The van der Waals surface area contributed by atoms with E-state index in [-0.39, 0.29) is 5.43 Å². The highest BCUT2D eigenvalue weighted by molar-refractivity contribution is 7.24. The van der Waals surface area contributed by atoms with Gasteiger partial charge < -0.3 is 0 Å². The van der Waals surface area contributed by atoms with Gasteiger partial charge in [-0.1, -0.05) is 37.8 Å². The molecule has 0 saturated carbocycles. The number of rotatable bonds is 2. The molecule has 2 aromatic carbocycles. The van der Waals surface area contributed by atoms with Gasteiger partial charge in [0, 0.05) is 20.2 Å². The first-order valence-electron chi connectivity index (χ1n) is 6.35. The lowest BCUT2D eigenvalue weighted by Crippen LogP contribution is -2.02. The maximum Gasteiger partial charge on any atom is 0.195 e. The van der Waals surface area contributed by atoms with Crippen molar-refractivity contribution in [3.8, 4) is 0 Å². The van der Waals surface area contributed by atoms with Gasteiger partial charge in [0.15, 0.2) is 5.43 Å². The third-order valence-electron chi connectivity index (χ3n) is 3.39. The Bertz CT molecular complexity index is 843. The van der Waals surface area contributed by atoms with Crippen molar-refractivity contribution >= 4 is 37.6 Å². The van der Waals surface area contributed by atoms with Crippen molar-refractivity contribution in [2.75, 3.05) is 0 Å². The van der Waals surface area contributed by atoms with Gasteiger partial charge in [-0.2, -0.15) is 0 Å². The molecule has 1 aromatic heterocycles. The van der Waals surface area contributed by atoms with Crippen molar-refractivity contribution < 1.29 is 0 Å². The maximum absolute atomic E-state index is 12.6. The second-order valence-electron chi connectivity index (χ2n) is 4.55. The average molecular weight is 266 g/mol. The molecule has 1 nitrogen and oxygen atoms in total. The minimum atomic E-state index is 0.128. The zero-order valence-electron chi connectivity index (χ0n) is 10.8. The van der Waals surface area contributed by atoms with Crippen molar-refractivity contribution in [3.05, 3.63) is 64.3 Å². The molecule has 0 amide bonds. The second-order valence-corrected chi connectivity index (χ2v) is 5.60. The predicted octanol–water partition coefficient (Wildman–Crippen LogP) is 4.62. The fraction of sp³-hybridized carbons (Fsp3) is 0.118. The van der Waals surface area contributed by atoms with Crippen LogP contribution in [-0.2, 0) is 6.42 Å². The van der Waals surface area contributed by atoms with Crippen LogP contribution >= 0.6 is 11.3 Å². The zero-order valence-corrected chi connectivity index (χ0v) is 11.6. The van der Waals surface area contributed by atoms with Crippen LogP contribution in [0, 0.1) is 0 Å². The normalized spacial score (nSPS) is 11.0.